The minimum absolute atomic E-state index is 0.191. The minimum atomic E-state index is 0.191. The van der Waals surface area contributed by atoms with E-state index in [9.17, 15) is 4.79 Å². The van der Waals surface area contributed by atoms with Crippen molar-refractivity contribution in [1.82, 2.24) is 5.32 Å². The molecule has 0 aliphatic heterocycles. The van der Waals surface area contributed by atoms with Crippen molar-refractivity contribution in [2.45, 2.75) is 84.2 Å². The Morgan fingerprint density at radius 1 is 1.26 bits per heavy atom. The van der Waals surface area contributed by atoms with E-state index in [1.807, 2.05) is 0 Å². The van der Waals surface area contributed by atoms with Crippen molar-refractivity contribution in [2.24, 2.45) is 17.6 Å². The van der Waals surface area contributed by atoms with Gasteiger partial charge in [0.05, 0.1) is 0 Å². The Morgan fingerprint density at radius 2 is 2.00 bits per heavy atom. The molecule has 0 aromatic heterocycles. The fourth-order valence-corrected chi connectivity index (χ4v) is 3.06. The number of hydrogen-bond donors (Lipinski definition) is 2. The molecule has 0 aromatic carbocycles. The molecule has 3 nitrogen and oxygen atoms in total. The van der Waals surface area contributed by atoms with Crippen LogP contribution in [0.15, 0.2) is 0 Å². The van der Waals surface area contributed by atoms with E-state index in [1.165, 1.54) is 12.8 Å². The summed E-state index contributed by atoms with van der Waals surface area (Å²) in [5.74, 6) is 0.939. The molecule has 3 heteroatoms. The third-order valence-electron chi connectivity index (χ3n) is 4.50. The fraction of sp³-hybridized carbons (Fsp3) is 0.938. The van der Waals surface area contributed by atoms with Crippen molar-refractivity contribution < 1.29 is 4.79 Å². The van der Waals surface area contributed by atoms with Crippen LogP contribution >= 0.6 is 0 Å². The predicted octanol–water partition coefficient (Wildman–Crippen LogP) is 3.23. The number of carbonyl (C=O) groups excluding carboxylic acids is 1. The van der Waals surface area contributed by atoms with Crippen LogP contribution in [0.2, 0.25) is 0 Å². The van der Waals surface area contributed by atoms with Crippen molar-refractivity contribution in [2.75, 3.05) is 0 Å². The summed E-state index contributed by atoms with van der Waals surface area (Å²) in [6.45, 7) is 6.56. The second kappa shape index (κ2) is 8.57. The van der Waals surface area contributed by atoms with Crippen LogP contribution in [0.5, 0.6) is 0 Å². The Bertz CT molecular complexity index is 267. The van der Waals surface area contributed by atoms with Gasteiger partial charge in [0.15, 0.2) is 0 Å². The van der Waals surface area contributed by atoms with Gasteiger partial charge in [-0.1, -0.05) is 40.0 Å². The Balaban J connectivity index is 2.42. The molecule has 19 heavy (non-hydrogen) atoms. The first kappa shape index (κ1) is 16.5. The Morgan fingerprint density at radius 3 is 2.58 bits per heavy atom. The van der Waals surface area contributed by atoms with Gasteiger partial charge in [-0.2, -0.15) is 0 Å². The normalized spacial score (nSPS) is 28.9. The van der Waals surface area contributed by atoms with E-state index in [1.54, 1.807) is 0 Å². The zero-order valence-corrected chi connectivity index (χ0v) is 13.0. The van der Waals surface area contributed by atoms with E-state index in [0.29, 0.717) is 12.0 Å². The summed E-state index contributed by atoms with van der Waals surface area (Å²) in [5.41, 5.74) is 6.02. The van der Waals surface area contributed by atoms with E-state index >= 15 is 0 Å². The molecule has 0 radical (unpaired) electrons. The molecule has 112 valence electrons. The third-order valence-corrected chi connectivity index (χ3v) is 4.50. The largest absolute Gasteiger partial charge is 0.353 e. The van der Waals surface area contributed by atoms with Gasteiger partial charge in [0.2, 0.25) is 5.91 Å². The SMILES string of the molecule is CCCCC(CCC)NC(=O)C1CCC(N)C(C)C1. The molecule has 1 aliphatic rings. The third kappa shape index (κ3) is 5.52. The number of nitrogens with two attached hydrogens (primary N) is 1. The first-order chi connectivity index (χ1) is 9.08. The molecule has 1 aliphatic carbocycles. The maximum atomic E-state index is 12.3. The number of amides is 1. The number of rotatable bonds is 7. The summed E-state index contributed by atoms with van der Waals surface area (Å²) in [6, 6.07) is 0.666. The molecule has 1 fully saturated rings. The second-order valence-corrected chi connectivity index (χ2v) is 6.29. The molecule has 4 atom stereocenters. The van der Waals surface area contributed by atoms with Gasteiger partial charge >= 0.3 is 0 Å². The lowest BCUT2D eigenvalue weighted by Crippen LogP contribution is -2.43. The topological polar surface area (TPSA) is 55.1 Å². The van der Waals surface area contributed by atoms with Crippen LogP contribution in [0.3, 0.4) is 0 Å². The van der Waals surface area contributed by atoms with Gasteiger partial charge in [0.1, 0.15) is 0 Å². The molecule has 0 bridgehead atoms. The van der Waals surface area contributed by atoms with E-state index in [2.05, 4.69) is 26.1 Å². The van der Waals surface area contributed by atoms with Gasteiger partial charge in [-0.25, -0.2) is 0 Å². The van der Waals surface area contributed by atoms with Crippen LogP contribution in [0, 0.1) is 11.8 Å². The number of carbonyl (C=O) groups is 1. The lowest BCUT2D eigenvalue weighted by molar-refractivity contribution is -0.127. The number of hydrogen-bond acceptors (Lipinski definition) is 2. The highest BCUT2D eigenvalue weighted by Gasteiger charge is 2.30. The summed E-state index contributed by atoms with van der Waals surface area (Å²) in [6.07, 6.45) is 8.69. The monoisotopic (exact) mass is 268 g/mol. The molecular weight excluding hydrogens is 236 g/mol. The van der Waals surface area contributed by atoms with Gasteiger partial charge in [-0.15, -0.1) is 0 Å². The van der Waals surface area contributed by atoms with Gasteiger partial charge in [0.25, 0.3) is 0 Å². The quantitative estimate of drug-likeness (QED) is 0.745. The molecule has 4 unspecified atom stereocenters. The van der Waals surface area contributed by atoms with Crippen LogP contribution in [0.25, 0.3) is 0 Å². The van der Waals surface area contributed by atoms with Gasteiger partial charge < -0.3 is 11.1 Å². The van der Waals surface area contributed by atoms with E-state index in [0.717, 1.165) is 38.5 Å². The molecular formula is C16H32N2O. The summed E-state index contributed by atoms with van der Waals surface area (Å²) in [4.78, 5) is 12.3. The smallest absolute Gasteiger partial charge is 0.223 e. The van der Waals surface area contributed by atoms with Crippen molar-refractivity contribution in [3.05, 3.63) is 0 Å². The Kier molecular flexibility index (Phi) is 7.44. The van der Waals surface area contributed by atoms with Gasteiger partial charge in [-0.3, -0.25) is 4.79 Å². The molecule has 3 N–H and O–H groups in total. The average Bonchev–Trinajstić information content (AvgIpc) is 2.39. The van der Waals surface area contributed by atoms with Gasteiger partial charge in [0, 0.05) is 18.0 Å². The molecule has 1 rings (SSSR count). The van der Waals surface area contributed by atoms with Gasteiger partial charge in [-0.05, 0) is 38.0 Å². The molecule has 1 amide bonds. The summed E-state index contributed by atoms with van der Waals surface area (Å²) < 4.78 is 0. The summed E-state index contributed by atoms with van der Waals surface area (Å²) >= 11 is 0. The van der Waals surface area contributed by atoms with Crippen LogP contribution in [0.4, 0.5) is 0 Å². The molecule has 0 saturated heterocycles. The second-order valence-electron chi connectivity index (χ2n) is 6.29. The highest BCUT2D eigenvalue weighted by atomic mass is 16.1. The van der Waals surface area contributed by atoms with Crippen LogP contribution in [-0.4, -0.2) is 18.0 Å². The maximum absolute atomic E-state index is 12.3. The van der Waals surface area contributed by atoms with Crippen molar-refractivity contribution >= 4 is 5.91 Å². The molecule has 0 heterocycles. The molecule has 0 spiro atoms. The van der Waals surface area contributed by atoms with Crippen molar-refractivity contribution in [3.8, 4) is 0 Å². The Hall–Kier alpha value is -0.570. The zero-order chi connectivity index (χ0) is 14.3. The standard InChI is InChI=1S/C16H32N2O/c1-4-6-8-14(7-5-2)18-16(19)13-9-10-15(17)12(3)11-13/h12-15H,4-11,17H2,1-3H3,(H,18,19). The first-order valence-electron chi connectivity index (χ1n) is 8.14. The van der Waals surface area contributed by atoms with Crippen LogP contribution in [-0.2, 0) is 4.79 Å². The highest BCUT2D eigenvalue weighted by Crippen LogP contribution is 2.28. The minimum Gasteiger partial charge on any atom is -0.353 e. The average molecular weight is 268 g/mol. The van der Waals surface area contributed by atoms with E-state index < -0.39 is 0 Å². The number of nitrogens with one attached hydrogen (secondary N) is 1. The summed E-state index contributed by atoms with van der Waals surface area (Å²) in [7, 11) is 0. The van der Waals surface area contributed by atoms with E-state index in [-0.39, 0.29) is 17.9 Å². The highest BCUT2D eigenvalue weighted by molar-refractivity contribution is 5.79. The zero-order valence-electron chi connectivity index (χ0n) is 13.0. The fourth-order valence-electron chi connectivity index (χ4n) is 3.06. The first-order valence-corrected chi connectivity index (χ1v) is 8.14. The van der Waals surface area contributed by atoms with Crippen LogP contribution < -0.4 is 11.1 Å². The van der Waals surface area contributed by atoms with Crippen molar-refractivity contribution in [3.63, 3.8) is 0 Å². The lowest BCUT2D eigenvalue weighted by Gasteiger charge is -2.32. The van der Waals surface area contributed by atoms with E-state index in [4.69, 9.17) is 5.73 Å². The van der Waals surface area contributed by atoms with Crippen LogP contribution in [0.1, 0.15) is 72.1 Å². The van der Waals surface area contributed by atoms with Crippen molar-refractivity contribution in [1.29, 1.82) is 0 Å². The lowest BCUT2D eigenvalue weighted by atomic mass is 9.79. The Labute approximate surface area is 118 Å². The molecule has 1 saturated carbocycles. The summed E-state index contributed by atoms with van der Waals surface area (Å²) in [5, 5.41) is 3.28. The number of unbranched alkanes of at least 4 members (excludes halogenated alkanes) is 1. The maximum Gasteiger partial charge on any atom is 0.223 e. The predicted molar refractivity (Wildman–Crippen MR) is 80.8 cm³/mol. The molecule has 0 aromatic rings.